The summed E-state index contributed by atoms with van der Waals surface area (Å²) in [6.45, 7) is 7.77. The molecule has 8 nitrogen and oxygen atoms in total. The quantitative estimate of drug-likeness (QED) is 0.395. The number of carbonyl (C=O) groups is 1. The van der Waals surface area contributed by atoms with E-state index >= 15 is 0 Å². The number of ether oxygens (including phenoxy) is 2. The third-order valence-electron chi connectivity index (χ3n) is 5.05. The van der Waals surface area contributed by atoms with E-state index in [-0.39, 0.29) is 12.0 Å². The summed E-state index contributed by atoms with van der Waals surface area (Å²) in [6, 6.07) is 7.92. The summed E-state index contributed by atoms with van der Waals surface area (Å²) >= 11 is 0. The maximum Gasteiger partial charge on any atom is 0.234 e. The van der Waals surface area contributed by atoms with Crippen LogP contribution in [0.4, 0.5) is 0 Å². The topological polar surface area (TPSA) is 87.2 Å². The summed E-state index contributed by atoms with van der Waals surface area (Å²) in [5.41, 5.74) is 0. The molecule has 1 aliphatic heterocycles. The van der Waals surface area contributed by atoms with Gasteiger partial charge in [0.05, 0.1) is 20.2 Å². The van der Waals surface area contributed by atoms with E-state index in [1.807, 2.05) is 31.2 Å². The highest BCUT2D eigenvalue weighted by atomic mass is 16.5. The number of nitrogens with one attached hydrogen (secondary N) is 3. The van der Waals surface area contributed by atoms with Gasteiger partial charge in [-0.1, -0.05) is 6.92 Å². The number of piperidine rings is 1. The zero-order valence-corrected chi connectivity index (χ0v) is 18.7. The van der Waals surface area contributed by atoms with Crippen LogP contribution >= 0.6 is 0 Å². The van der Waals surface area contributed by atoms with Crippen LogP contribution in [0.1, 0.15) is 33.1 Å². The van der Waals surface area contributed by atoms with Crippen molar-refractivity contribution in [2.45, 2.75) is 45.3 Å². The molecule has 1 aromatic carbocycles. The number of aliphatic imine (C=N–C) groups is 1. The summed E-state index contributed by atoms with van der Waals surface area (Å²) in [6.07, 6.45) is 2.92. The maximum absolute atomic E-state index is 11.9. The molecule has 0 spiro atoms. The lowest BCUT2D eigenvalue weighted by molar-refractivity contribution is -0.122. The number of likely N-dealkylation sites (tertiary alicyclic amines) is 1. The highest BCUT2D eigenvalue weighted by Crippen LogP contribution is 2.18. The molecule has 2 rings (SSSR count). The number of nitrogens with zero attached hydrogens (tertiary/aromatic N) is 2. The molecule has 0 bridgehead atoms. The summed E-state index contributed by atoms with van der Waals surface area (Å²) in [4.78, 5) is 18.4. The fraction of sp³-hybridized carbons (Fsp3) is 0.636. The summed E-state index contributed by atoms with van der Waals surface area (Å²) in [7, 11) is 3.42. The van der Waals surface area contributed by atoms with Gasteiger partial charge in [-0.3, -0.25) is 14.7 Å². The maximum atomic E-state index is 11.9. The van der Waals surface area contributed by atoms with Gasteiger partial charge in [0, 0.05) is 32.7 Å². The summed E-state index contributed by atoms with van der Waals surface area (Å²) in [5.74, 6) is 2.51. The van der Waals surface area contributed by atoms with Gasteiger partial charge in [-0.15, -0.1) is 0 Å². The van der Waals surface area contributed by atoms with Crippen molar-refractivity contribution in [3.05, 3.63) is 24.3 Å². The first-order chi connectivity index (χ1) is 14.5. The average molecular weight is 420 g/mol. The van der Waals surface area contributed by atoms with Crippen molar-refractivity contribution in [1.82, 2.24) is 20.9 Å². The van der Waals surface area contributed by atoms with Gasteiger partial charge in [0.2, 0.25) is 5.91 Å². The van der Waals surface area contributed by atoms with Crippen LogP contribution in [0.5, 0.6) is 11.5 Å². The second kappa shape index (κ2) is 13.0. The largest absolute Gasteiger partial charge is 0.497 e. The Labute approximate surface area is 180 Å². The molecule has 1 atom stereocenters. The van der Waals surface area contributed by atoms with Crippen molar-refractivity contribution < 1.29 is 14.3 Å². The Morgan fingerprint density at radius 3 is 2.47 bits per heavy atom. The number of amides is 1. The molecule has 168 valence electrons. The van der Waals surface area contributed by atoms with Crippen molar-refractivity contribution in [3.63, 3.8) is 0 Å². The van der Waals surface area contributed by atoms with Crippen LogP contribution in [0.15, 0.2) is 29.3 Å². The van der Waals surface area contributed by atoms with Gasteiger partial charge in [0.1, 0.15) is 17.6 Å². The lowest BCUT2D eigenvalue weighted by Crippen LogP contribution is -2.51. The Hall–Kier alpha value is -2.48. The van der Waals surface area contributed by atoms with Gasteiger partial charge < -0.3 is 25.4 Å². The molecule has 1 saturated heterocycles. The van der Waals surface area contributed by atoms with Crippen LogP contribution in [-0.2, 0) is 4.79 Å². The Bertz CT molecular complexity index is 657. The van der Waals surface area contributed by atoms with Gasteiger partial charge in [-0.05, 0) is 50.5 Å². The number of benzene rings is 1. The highest BCUT2D eigenvalue weighted by molar-refractivity contribution is 5.80. The van der Waals surface area contributed by atoms with Crippen molar-refractivity contribution in [2.75, 3.05) is 46.9 Å². The van der Waals surface area contributed by atoms with Crippen molar-refractivity contribution >= 4 is 11.9 Å². The van der Waals surface area contributed by atoms with Crippen molar-refractivity contribution in [1.29, 1.82) is 0 Å². The molecule has 1 fully saturated rings. The first-order valence-corrected chi connectivity index (χ1v) is 10.8. The predicted octanol–water partition coefficient (Wildman–Crippen LogP) is 1.62. The van der Waals surface area contributed by atoms with E-state index in [0.717, 1.165) is 56.4 Å². The molecule has 1 heterocycles. The van der Waals surface area contributed by atoms with Crippen molar-refractivity contribution in [3.8, 4) is 11.5 Å². The third kappa shape index (κ3) is 8.49. The monoisotopic (exact) mass is 419 g/mol. The highest BCUT2D eigenvalue weighted by Gasteiger charge is 2.21. The van der Waals surface area contributed by atoms with Crippen LogP contribution in [0.25, 0.3) is 0 Å². The first kappa shape index (κ1) is 23.8. The van der Waals surface area contributed by atoms with Crippen LogP contribution in [0, 0.1) is 0 Å². The van der Waals surface area contributed by atoms with Gasteiger partial charge in [0.15, 0.2) is 5.96 Å². The molecular formula is C22H37N5O3. The molecule has 0 radical (unpaired) electrons. The van der Waals surface area contributed by atoms with E-state index in [1.54, 1.807) is 14.2 Å². The normalized spacial score (nSPS) is 16.6. The molecule has 1 unspecified atom stereocenters. The molecule has 1 amide bonds. The minimum Gasteiger partial charge on any atom is -0.497 e. The van der Waals surface area contributed by atoms with E-state index in [2.05, 4.69) is 32.8 Å². The van der Waals surface area contributed by atoms with Crippen LogP contribution < -0.4 is 25.4 Å². The number of hydrogen-bond donors (Lipinski definition) is 3. The SMILES string of the molecule is CCCNC(=O)CN1CCC(NC(=NC)NCC(C)Oc2ccc(OC)cc2)CC1. The van der Waals surface area contributed by atoms with E-state index < -0.39 is 0 Å². The summed E-state index contributed by atoms with van der Waals surface area (Å²) in [5, 5.41) is 9.76. The van der Waals surface area contributed by atoms with Crippen LogP contribution in [-0.4, -0.2) is 75.8 Å². The summed E-state index contributed by atoms with van der Waals surface area (Å²) < 4.78 is 11.1. The van der Waals surface area contributed by atoms with Crippen molar-refractivity contribution in [2.24, 2.45) is 4.99 Å². The molecule has 1 aliphatic rings. The molecule has 0 saturated carbocycles. The molecule has 8 heteroatoms. The second-order valence-electron chi connectivity index (χ2n) is 7.60. The van der Waals surface area contributed by atoms with Crippen LogP contribution in [0.2, 0.25) is 0 Å². The third-order valence-corrected chi connectivity index (χ3v) is 5.05. The van der Waals surface area contributed by atoms with Crippen LogP contribution in [0.3, 0.4) is 0 Å². The minimum absolute atomic E-state index is 0.0135. The van der Waals surface area contributed by atoms with E-state index in [1.165, 1.54) is 0 Å². The Morgan fingerprint density at radius 2 is 1.87 bits per heavy atom. The fourth-order valence-corrected chi connectivity index (χ4v) is 3.32. The molecule has 0 aromatic heterocycles. The van der Waals surface area contributed by atoms with Gasteiger partial charge in [-0.25, -0.2) is 0 Å². The smallest absolute Gasteiger partial charge is 0.234 e. The number of rotatable bonds is 10. The molecule has 3 N–H and O–H groups in total. The molecular weight excluding hydrogens is 382 g/mol. The lowest BCUT2D eigenvalue weighted by atomic mass is 10.1. The van der Waals surface area contributed by atoms with Gasteiger partial charge in [-0.2, -0.15) is 0 Å². The van der Waals surface area contributed by atoms with Gasteiger partial charge in [0.25, 0.3) is 0 Å². The fourth-order valence-electron chi connectivity index (χ4n) is 3.32. The standard InChI is InChI=1S/C22H37N5O3/c1-5-12-24-21(28)16-27-13-10-18(11-14-27)26-22(23-3)25-15-17(2)30-20-8-6-19(29-4)7-9-20/h6-9,17-18H,5,10-16H2,1-4H3,(H,24,28)(H2,23,25,26). The zero-order valence-electron chi connectivity index (χ0n) is 18.7. The number of guanidine groups is 1. The first-order valence-electron chi connectivity index (χ1n) is 10.8. The molecule has 1 aromatic rings. The second-order valence-corrected chi connectivity index (χ2v) is 7.60. The Balaban J connectivity index is 1.67. The van der Waals surface area contributed by atoms with E-state index in [9.17, 15) is 4.79 Å². The lowest BCUT2D eigenvalue weighted by Gasteiger charge is -2.32. The minimum atomic E-state index is -0.0135. The predicted molar refractivity (Wildman–Crippen MR) is 120 cm³/mol. The molecule has 0 aliphatic carbocycles. The number of hydrogen-bond acceptors (Lipinski definition) is 5. The number of methoxy groups -OCH3 is 1. The Kier molecular flexibility index (Phi) is 10.3. The van der Waals surface area contributed by atoms with E-state index in [0.29, 0.717) is 19.1 Å². The Morgan fingerprint density at radius 1 is 1.20 bits per heavy atom. The van der Waals surface area contributed by atoms with Gasteiger partial charge >= 0.3 is 0 Å². The van der Waals surface area contributed by atoms with E-state index in [4.69, 9.17) is 9.47 Å². The molecule has 30 heavy (non-hydrogen) atoms. The number of carbonyl (C=O) groups excluding carboxylic acids is 1. The zero-order chi connectivity index (χ0) is 21.8. The average Bonchev–Trinajstić information content (AvgIpc) is 2.76.